The maximum atomic E-state index is 12.8. The van der Waals surface area contributed by atoms with Crippen LogP contribution in [0.2, 0.25) is 0 Å². The van der Waals surface area contributed by atoms with E-state index in [4.69, 9.17) is 15.2 Å². The van der Waals surface area contributed by atoms with E-state index in [0.29, 0.717) is 31.7 Å². The van der Waals surface area contributed by atoms with Gasteiger partial charge in [0.05, 0.1) is 4.90 Å². The number of benzene rings is 1. The molecule has 1 saturated heterocycles. The Balaban J connectivity index is 0.00000249. The molecule has 1 aromatic rings. The third-order valence-corrected chi connectivity index (χ3v) is 7.31. The lowest BCUT2D eigenvalue weighted by atomic mass is 10.1. The quantitative estimate of drug-likeness (QED) is 0.162. The number of nitrogens with zero attached hydrogens (tertiary/aromatic N) is 1. The van der Waals surface area contributed by atoms with Gasteiger partial charge in [-0.3, -0.25) is 9.69 Å². The van der Waals surface area contributed by atoms with Crippen molar-refractivity contribution >= 4 is 15.8 Å². The molecule has 1 unspecified atom stereocenters. The Morgan fingerprint density at radius 2 is 1.75 bits per heavy atom. The Bertz CT molecular complexity index is 741. The number of carboxylic acid groups (broad SMARTS) is 1. The first-order valence-corrected chi connectivity index (χ1v) is 12.2. The molecule has 2 rings (SSSR count). The maximum absolute atomic E-state index is 12.8. The summed E-state index contributed by atoms with van der Waals surface area (Å²) in [6.07, 6.45) is 2.81. The van der Waals surface area contributed by atoms with Crippen molar-refractivity contribution in [2.75, 3.05) is 45.9 Å². The van der Waals surface area contributed by atoms with Crippen LogP contribution >= 0.6 is 0 Å². The second-order valence-corrected chi connectivity index (χ2v) is 9.52. The molecule has 0 radical (unpaired) electrons. The number of nitrogens with two attached hydrogens (primary N) is 1. The van der Waals surface area contributed by atoms with Crippen LogP contribution in [0.5, 0.6) is 5.75 Å². The molecular formula is C20H36N4O7S. The Morgan fingerprint density at radius 3 is 2.34 bits per heavy atom. The SMILES string of the molecule is NO.O=C(O)C(CCCCCCNO)S(=O)(=O)c1ccc(OCCN2CCNCC2)cc1. The number of hydroxylamine groups is 1. The van der Waals surface area contributed by atoms with Gasteiger partial charge in [-0.2, -0.15) is 0 Å². The molecule has 0 amide bonds. The fourth-order valence-corrected chi connectivity index (χ4v) is 5.00. The fourth-order valence-electron chi connectivity index (χ4n) is 3.42. The van der Waals surface area contributed by atoms with E-state index >= 15 is 0 Å². The summed E-state index contributed by atoms with van der Waals surface area (Å²) < 4.78 is 31.3. The molecule has 0 spiro atoms. The lowest BCUT2D eigenvalue weighted by Crippen LogP contribution is -2.44. The summed E-state index contributed by atoms with van der Waals surface area (Å²) in [5.74, 6) is 2.73. The molecule has 1 aliphatic heterocycles. The van der Waals surface area contributed by atoms with Crippen LogP contribution in [0.4, 0.5) is 0 Å². The van der Waals surface area contributed by atoms with Crippen molar-refractivity contribution in [3.63, 3.8) is 0 Å². The van der Waals surface area contributed by atoms with Crippen LogP contribution in [-0.4, -0.2) is 85.9 Å². The lowest BCUT2D eigenvalue weighted by Gasteiger charge is -2.26. The molecule has 1 fully saturated rings. The van der Waals surface area contributed by atoms with E-state index in [1.54, 1.807) is 12.1 Å². The summed E-state index contributed by atoms with van der Waals surface area (Å²) in [6, 6.07) is 5.98. The number of unbranched alkanes of at least 4 members (excludes halogenated alkanes) is 3. The Kier molecular flexibility index (Phi) is 14.0. The number of hydrogen-bond donors (Lipinski definition) is 6. The summed E-state index contributed by atoms with van der Waals surface area (Å²) in [5, 5.41) is 26.3. The molecule has 0 aliphatic carbocycles. The second-order valence-electron chi connectivity index (χ2n) is 7.39. The van der Waals surface area contributed by atoms with E-state index in [1.165, 1.54) is 12.1 Å². The number of hydrogen-bond acceptors (Lipinski definition) is 10. The van der Waals surface area contributed by atoms with Crippen molar-refractivity contribution in [3.05, 3.63) is 24.3 Å². The van der Waals surface area contributed by atoms with Gasteiger partial charge in [0.15, 0.2) is 15.1 Å². The van der Waals surface area contributed by atoms with Gasteiger partial charge in [-0.25, -0.2) is 19.8 Å². The molecule has 32 heavy (non-hydrogen) atoms. The van der Waals surface area contributed by atoms with Crippen molar-refractivity contribution in [2.45, 2.75) is 42.2 Å². The first kappa shape index (κ1) is 28.2. The van der Waals surface area contributed by atoms with E-state index < -0.39 is 21.1 Å². The molecule has 0 aromatic heterocycles. The maximum Gasteiger partial charge on any atom is 0.322 e. The summed E-state index contributed by atoms with van der Waals surface area (Å²) in [7, 11) is -3.97. The Labute approximate surface area is 189 Å². The molecule has 1 aromatic carbocycles. The highest BCUT2D eigenvalue weighted by atomic mass is 32.2. The highest BCUT2D eigenvalue weighted by Crippen LogP contribution is 2.23. The van der Waals surface area contributed by atoms with Crippen LogP contribution in [0.3, 0.4) is 0 Å². The number of ether oxygens (including phenoxy) is 1. The Hall–Kier alpha value is -1.80. The van der Waals surface area contributed by atoms with Crippen molar-refractivity contribution in [2.24, 2.45) is 5.90 Å². The molecule has 0 saturated carbocycles. The van der Waals surface area contributed by atoms with E-state index in [0.717, 1.165) is 45.6 Å². The zero-order valence-corrected chi connectivity index (χ0v) is 19.1. The molecule has 1 aliphatic rings. The van der Waals surface area contributed by atoms with Crippen molar-refractivity contribution in [1.82, 2.24) is 15.7 Å². The molecule has 184 valence electrons. The monoisotopic (exact) mass is 476 g/mol. The van der Waals surface area contributed by atoms with Gasteiger partial charge >= 0.3 is 5.97 Å². The minimum atomic E-state index is -3.97. The van der Waals surface area contributed by atoms with Gasteiger partial charge in [0.1, 0.15) is 12.4 Å². The molecule has 7 N–H and O–H groups in total. The minimum Gasteiger partial charge on any atom is -0.492 e. The molecule has 1 atom stereocenters. The average molecular weight is 477 g/mol. The van der Waals surface area contributed by atoms with Crippen molar-refractivity contribution in [3.8, 4) is 5.75 Å². The van der Waals surface area contributed by atoms with Crippen LogP contribution < -0.4 is 21.4 Å². The van der Waals surface area contributed by atoms with Gasteiger partial charge in [-0.15, -0.1) is 0 Å². The highest BCUT2D eigenvalue weighted by Gasteiger charge is 2.33. The normalized spacial score (nSPS) is 15.5. The van der Waals surface area contributed by atoms with Crippen LogP contribution in [0.15, 0.2) is 29.2 Å². The Morgan fingerprint density at radius 1 is 1.12 bits per heavy atom. The molecular weight excluding hydrogens is 440 g/mol. The van der Waals surface area contributed by atoms with Crippen LogP contribution in [0.1, 0.15) is 32.1 Å². The largest absolute Gasteiger partial charge is 0.492 e. The zero-order chi connectivity index (χ0) is 23.8. The standard InChI is InChI=1S/C20H33N3O6S.H3NO/c24-20(25)19(5-3-1-2-4-10-22-26)30(27,28)18-8-6-17(7-9-18)29-16-15-23-13-11-21-12-14-23;1-2/h6-9,19,21-22,26H,1-5,10-16H2,(H,24,25);2H,1H2. The van der Waals surface area contributed by atoms with Gasteiger partial charge in [0, 0.05) is 39.3 Å². The van der Waals surface area contributed by atoms with E-state index in [2.05, 4.69) is 21.6 Å². The number of carbonyl (C=O) groups is 1. The molecule has 11 nitrogen and oxygen atoms in total. The second kappa shape index (κ2) is 15.9. The van der Waals surface area contributed by atoms with E-state index in [1.807, 2.05) is 0 Å². The summed E-state index contributed by atoms with van der Waals surface area (Å²) >= 11 is 0. The predicted molar refractivity (Wildman–Crippen MR) is 119 cm³/mol. The summed E-state index contributed by atoms with van der Waals surface area (Å²) in [4.78, 5) is 13.9. The van der Waals surface area contributed by atoms with Crippen LogP contribution in [-0.2, 0) is 14.6 Å². The van der Waals surface area contributed by atoms with Gasteiger partial charge in [0.25, 0.3) is 0 Å². The third kappa shape index (κ3) is 9.77. The van der Waals surface area contributed by atoms with Crippen LogP contribution in [0, 0.1) is 0 Å². The fraction of sp³-hybridized carbons (Fsp3) is 0.650. The van der Waals surface area contributed by atoms with Crippen molar-refractivity contribution in [1.29, 1.82) is 0 Å². The number of piperazine rings is 1. The first-order chi connectivity index (χ1) is 15.4. The third-order valence-electron chi connectivity index (χ3n) is 5.19. The van der Waals surface area contributed by atoms with E-state index in [9.17, 15) is 18.3 Å². The van der Waals surface area contributed by atoms with Crippen molar-refractivity contribution < 1.29 is 33.5 Å². The number of aliphatic carboxylic acids is 1. The average Bonchev–Trinajstić information content (AvgIpc) is 2.80. The predicted octanol–water partition coefficient (Wildman–Crippen LogP) is 0.461. The number of sulfone groups is 1. The molecule has 0 bridgehead atoms. The lowest BCUT2D eigenvalue weighted by molar-refractivity contribution is -0.136. The number of nitrogens with one attached hydrogen (secondary N) is 2. The molecule has 12 heteroatoms. The van der Waals surface area contributed by atoms with Gasteiger partial charge in [0.2, 0.25) is 0 Å². The van der Waals surface area contributed by atoms with Crippen LogP contribution in [0.25, 0.3) is 0 Å². The van der Waals surface area contributed by atoms with Gasteiger partial charge < -0.3 is 25.6 Å². The smallest absolute Gasteiger partial charge is 0.322 e. The first-order valence-electron chi connectivity index (χ1n) is 10.7. The highest BCUT2D eigenvalue weighted by molar-refractivity contribution is 7.92. The number of carboxylic acids is 1. The molecule has 1 heterocycles. The van der Waals surface area contributed by atoms with Gasteiger partial charge in [-0.05, 0) is 37.1 Å². The topological polar surface area (TPSA) is 174 Å². The summed E-state index contributed by atoms with van der Waals surface area (Å²) in [6.45, 7) is 5.68. The summed E-state index contributed by atoms with van der Waals surface area (Å²) in [5.41, 5.74) is 2.06. The zero-order valence-electron chi connectivity index (χ0n) is 18.3. The minimum absolute atomic E-state index is 0.00571. The van der Waals surface area contributed by atoms with Gasteiger partial charge in [-0.1, -0.05) is 19.3 Å². The van der Waals surface area contributed by atoms with E-state index in [-0.39, 0.29) is 11.3 Å². The number of rotatable bonds is 14.